The molecule has 1 aliphatic rings. The molecule has 1 aromatic heterocycles. The summed E-state index contributed by atoms with van der Waals surface area (Å²) < 4.78 is 15.5. The summed E-state index contributed by atoms with van der Waals surface area (Å²) in [5.74, 6) is -2.07. The Morgan fingerprint density at radius 1 is 1.36 bits per heavy atom. The summed E-state index contributed by atoms with van der Waals surface area (Å²) in [4.78, 5) is 24.8. The molecular weight excluding hydrogens is 289 g/mol. The maximum absolute atomic E-state index is 14.2. The zero-order chi connectivity index (χ0) is 15.7. The lowest BCUT2D eigenvalue weighted by atomic mass is 10.1. The van der Waals surface area contributed by atoms with Crippen LogP contribution in [0.15, 0.2) is 36.7 Å². The number of carboxylic acid groups (broad SMARTS) is 1. The molecule has 0 saturated carbocycles. The average Bonchev–Trinajstić information content (AvgIpc) is 3.17. The van der Waals surface area contributed by atoms with E-state index < -0.39 is 23.7 Å². The molecule has 2 aromatic rings. The number of carboxylic acids is 1. The van der Waals surface area contributed by atoms with Gasteiger partial charge in [-0.1, -0.05) is 0 Å². The lowest BCUT2D eigenvalue weighted by Gasteiger charge is -2.21. The maximum atomic E-state index is 14.2. The molecule has 1 aliphatic heterocycles. The maximum Gasteiger partial charge on any atom is 0.326 e. The number of benzene rings is 1. The van der Waals surface area contributed by atoms with E-state index in [1.807, 2.05) is 0 Å². The molecule has 0 unspecified atom stereocenters. The van der Waals surface area contributed by atoms with E-state index in [0.717, 1.165) is 6.07 Å². The fourth-order valence-corrected chi connectivity index (χ4v) is 2.67. The van der Waals surface area contributed by atoms with Crippen molar-refractivity contribution in [1.82, 2.24) is 14.7 Å². The highest BCUT2D eigenvalue weighted by Gasteiger charge is 2.34. The summed E-state index contributed by atoms with van der Waals surface area (Å²) in [6.45, 7) is 0.373. The number of halogens is 1. The largest absolute Gasteiger partial charge is 0.480 e. The highest BCUT2D eigenvalue weighted by molar-refractivity contribution is 5.97. The van der Waals surface area contributed by atoms with Crippen LogP contribution in [0.5, 0.6) is 0 Å². The van der Waals surface area contributed by atoms with Gasteiger partial charge in [-0.25, -0.2) is 13.9 Å². The van der Waals surface area contributed by atoms with Crippen LogP contribution in [0.4, 0.5) is 4.39 Å². The third kappa shape index (κ3) is 2.45. The number of aromatic nitrogens is 2. The molecule has 1 amide bonds. The highest BCUT2D eigenvalue weighted by atomic mass is 19.1. The van der Waals surface area contributed by atoms with Gasteiger partial charge in [0.25, 0.3) is 5.91 Å². The second-order valence-corrected chi connectivity index (χ2v) is 5.11. The van der Waals surface area contributed by atoms with E-state index in [1.165, 1.54) is 27.9 Å². The fourth-order valence-electron chi connectivity index (χ4n) is 2.67. The first-order valence-corrected chi connectivity index (χ1v) is 6.91. The Balaban J connectivity index is 1.88. The summed E-state index contributed by atoms with van der Waals surface area (Å²) in [5.41, 5.74) is 0.374. The Morgan fingerprint density at radius 2 is 2.18 bits per heavy atom. The van der Waals surface area contributed by atoms with Gasteiger partial charge in [-0.05, 0) is 37.1 Å². The first kappa shape index (κ1) is 14.2. The van der Waals surface area contributed by atoms with Gasteiger partial charge in [0.15, 0.2) is 0 Å². The lowest BCUT2D eigenvalue weighted by Crippen LogP contribution is -2.40. The molecule has 1 atom stereocenters. The van der Waals surface area contributed by atoms with Crippen LogP contribution >= 0.6 is 0 Å². The number of amides is 1. The molecule has 6 nitrogen and oxygen atoms in total. The van der Waals surface area contributed by atoms with E-state index in [4.69, 9.17) is 5.11 Å². The van der Waals surface area contributed by atoms with Gasteiger partial charge < -0.3 is 10.0 Å². The molecular formula is C15H14FN3O3. The molecule has 1 saturated heterocycles. The molecule has 1 fully saturated rings. The van der Waals surface area contributed by atoms with Crippen molar-refractivity contribution in [3.63, 3.8) is 0 Å². The van der Waals surface area contributed by atoms with Crippen LogP contribution in [-0.2, 0) is 4.79 Å². The highest BCUT2D eigenvalue weighted by Crippen LogP contribution is 2.22. The number of aliphatic carboxylic acids is 1. The molecule has 7 heteroatoms. The SMILES string of the molecule is O=C(O)[C@H]1CCCN1C(=O)c1ccc(-n2cccn2)c(F)c1. The third-order valence-electron chi connectivity index (χ3n) is 3.74. The van der Waals surface area contributed by atoms with Crippen molar-refractivity contribution in [2.75, 3.05) is 6.54 Å². The minimum absolute atomic E-state index is 0.140. The van der Waals surface area contributed by atoms with E-state index in [2.05, 4.69) is 5.10 Å². The van der Waals surface area contributed by atoms with Crippen LogP contribution in [-0.4, -0.2) is 44.3 Å². The van der Waals surface area contributed by atoms with Crippen molar-refractivity contribution >= 4 is 11.9 Å². The summed E-state index contributed by atoms with van der Waals surface area (Å²) in [7, 11) is 0. The first-order valence-electron chi connectivity index (χ1n) is 6.91. The molecule has 2 heterocycles. The molecule has 0 spiro atoms. The number of carbonyl (C=O) groups is 2. The fraction of sp³-hybridized carbons (Fsp3) is 0.267. The van der Waals surface area contributed by atoms with E-state index in [-0.39, 0.29) is 11.3 Å². The second kappa shape index (κ2) is 5.59. The molecule has 0 bridgehead atoms. The van der Waals surface area contributed by atoms with Crippen LogP contribution in [0.25, 0.3) is 5.69 Å². The van der Waals surface area contributed by atoms with Gasteiger partial charge in [0.05, 0.1) is 0 Å². The predicted octanol–water partition coefficient (Wildman–Crippen LogP) is 1.70. The van der Waals surface area contributed by atoms with Crippen molar-refractivity contribution in [3.05, 3.63) is 48.0 Å². The Morgan fingerprint density at radius 3 is 2.82 bits per heavy atom. The third-order valence-corrected chi connectivity index (χ3v) is 3.74. The Hall–Kier alpha value is -2.70. The Kier molecular flexibility index (Phi) is 3.62. The van der Waals surface area contributed by atoms with Gasteiger partial charge in [0, 0.05) is 24.5 Å². The van der Waals surface area contributed by atoms with Crippen LogP contribution in [0, 0.1) is 5.82 Å². The van der Waals surface area contributed by atoms with Crippen molar-refractivity contribution in [3.8, 4) is 5.69 Å². The van der Waals surface area contributed by atoms with E-state index in [0.29, 0.717) is 19.4 Å². The van der Waals surface area contributed by atoms with Crippen molar-refractivity contribution in [1.29, 1.82) is 0 Å². The van der Waals surface area contributed by atoms with E-state index in [9.17, 15) is 14.0 Å². The number of hydrogen-bond donors (Lipinski definition) is 1. The number of rotatable bonds is 3. The summed E-state index contributed by atoms with van der Waals surface area (Å²) in [6.07, 6.45) is 4.19. The minimum atomic E-state index is -1.03. The number of nitrogens with zero attached hydrogens (tertiary/aromatic N) is 3. The van der Waals surface area contributed by atoms with Gasteiger partial charge in [-0.2, -0.15) is 5.10 Å². The van der Waals surface area contributed by atoms with Gasteiger partial charge >= 0.3 is 5.97 Å². The first-order chi connectivity index (χ1) is 10.6. The van der Waals surface area contributed by atoms with Gasteiger partial charge in [-0.15, -0.1) is 0 Å². The van der Waals surface area contributed by atoms with Crippen molar-refractivity contribution in [2.45, 2.75) is 18.9 Å². The van der Waals surface area contributed by atoms with Crippen LogP contribution in [0.2, 0.25) is 0 Å². The zero-order valence-corrected chi connectivity index (χ0v) is 11.6. The predicted molar refractivity (Wildman–Crippen MR) is 75.2 cm³/mol. The number of likely N-dealkylation sites (tertiary alicyclic amines) is 1. The quantitative estimate of drug-likeness (QED) is 0.936. The van der Waals surface area contributed by atoms with Gasteiger partial charge in [-0.3, -0.25) is 4.79 Å². The topological polar surface area (TPSA) is 75.4 Å². The van der Waals surface area contributed by atoms with Crippen LogP contribution in [0.3, 0.4) is 0 Å². The monoisotopic (exact) mass is 303 g/mol. The lowest BCUT2D eigenvalue weighted by molar-refractivity contribution is -0.141. The van der Waals surface area contributed by atoms with Crippen molar-refractivity contribution < 1.29 is 19.1 Å². The molecule has 1 N–H and O–H groups in total. The summed E-state index contributed by atoms with van der Waals surface area (Å²) in [5, 5.41) is 13.1. The smallest absolute Gasteiger partial charge is 0.326 e. The zero-order valence-electron chi connectivity index (χ0n) is 11.6. The Bertz CT molecular complexity index is 715. The Labute approximate surface area is 125 Å². The number of carbonyl (C=O) groups excluding carboxylic acids is 1. The molecule has 3 rings (SSSR count). The summed E-state index contributed by atoms with van der Waals surface area (Å²) in [6, 6.07) is 4.90. The van der Waals surface area contributed by atoms with Crippen molar-refractivity contribution in [2.24, 2.45) is 0 Å². The molecule has 0 aliphatic carbocycles. The normalized spacial score (nSPS) is 17.7. The number of hydrogen-bond acceptors (Lipinski definition) is 3. The standard InChI is InChI=1S/C15H14FN3O3/c16-11-9-10(4-5-12(11)19-8-2-6-17-19)14(20)18-7-1-3-13(18)15(21)22/h2,4-6,8-9,13H,1,3,7H2,(H,21,22)/t13-/m1/s1. The molecule has 1 aromatic carbocycles. The second-order valence-electron chi connectivity index (χ2n) is 5.11. The molecule has 0 radical (unpaired) electrons. The van der Waals surface area contributed by atoms with Gasteiger partial charge in [0.2, 0.25) is 0 Å². The van der Waals surface area contributed by atoms with E-state index >= 15 is 0 Å². The average molecular weight is 303 g/mol. The minimum Gasteiger partial charge on any atom is -0.480 e. The van der Waals surface area contributed by atoms with E-state index in [1.54, 1.807) is 12.3 Å². The van der Waals surface area contributed by atoms with Crippen LogP contribution < -0.4 is 0 Å². The van der Waals surface area contributed by atoms with Crippen LogP contribution in [0.1, 0.15) is 23.2 Å². The van der Waals surface area contributed by atoms with Gasteiger partial charge in [0.1, 0.15) is 17.5 Å². The summed E-state index contributed by atoms with van der Waals surface area (Å²) >= 11 is 0. The molecule has 114 valence electrons. The molecule has 22 heavy (non-hydrogen) atoms.